The van der Waals surface area contributed by atoms with Crippen LogP contribution in [0.5, 0.6) is 5.75 Å². The van der Waals surface area contributed by atoms with Crippen molar-refractivity contribution in [2.45, 2.75) is 13.0 Å². The zero-order chi connectivity index (χ0) is 14.1. The summed E-state index contributed by atoms with van der Waals surface area (Å²) in [6.45, 7) is 1.94. The van der Waals surface area contributed by atoms with Crippen molar-refractivity contribution in [1.29, 1.82) is 0 Å². The number of anilines is 2. The average molecular weight is 288 g/mol. The molecule has 3 rings (SSSR count). The average Bonchev–Trinajstić information content (AvgIpc) is 2.42. The quantitative estimate of drug-likeness (QED) is 0.783. The summed E-state index contributed by atoms with van der Waals surface area (Å²) >= 11 is 5.87. The van der Waals surface area contributed by atoms with Gasteiger partial charge >= 0.3 is 0 Å². The van der Waals surface area contributed by atoms with Crippen molar-refractivity contribution in [3.8, 4) is 5.75 Å². The first-order valence-corrected chi connectivity index (χ1v) is 6.67. The molecule has 20 heavy (non-hydrogen) atoms. The molecule has 5 heteroatoms. The van der Waals surface area contributed by atoms with Crippen LogP contribution in [0.3, 0.4) is 0 Å². The predicted molar refractivity (Wildman–Crippen MR) is 83.1 cm³/mol. The molecule has 0 fully saturated rings. The third kappa shape index (κ3) is 2.56. The van der Waals surface area contributed by atoms with E-state index in [1.807, 2.05) is 43.3 Å². The molecule has 2 aromatic rings. The Morgan fingerprint density at radius 3 is 2.70 bits per heavy atom. The minimum Gasteiger partial charge on any atom is -0.480 e. The molecule has 4 nitrogen and oxygen atoms in total. The highest BCUT2D eigenvalue weighted by atomic mass is 35.5. The van der Waals surface area contributed by atoms with Crippen LogP contribution < -0.4 is 15.8 Å². The second-order valence-electron chi connectivity index (χ2n) is 4.62. The van der Waals surface area contributed by atoms with Crippen molar-refractivity contribution in [2.75, 3.05) is 11.1 Å². The van der Waals surface area contributed by atoms with E-state index in [1.54, 1.807) is 6.07 Å². The Labute approximate surface area is 122 Å². The van der Waals surface area contributed by atoms with E-state index < -0.39 is 0 Å². The molecule has 1 unspecified atom stereocenters. The van der Waals surface area contributed by atoms with Crippen molar-refractivity contribution in [3.05, 3.63) is 47.5 Å². The highest BCUT2D eigenvalue weighted by molar-refractivity contribution is 6.30. The van der Waals surface area contributed by atoms with Crippen LogP contribution in [0.2, 0.25) is 5.02 Å². The molecular formula is C15H14ClN3O. The fraction of sp³-hybridized carbons (Fsp3) is 0.133. The maximum Gasteiger partial charge on any atom is 0.153 e. The van der Waals surface area contributed by atoms with Gasteiger partial charge in [0.2, 0.25) is 0 Å². The molecule has 1 aliphatic rings. The molecule has 0 aromatic heterocycles. The third-order valence-corrected chi connectivity index (χ3v) is 3.28. The van der Waals surface area contributed by atoms with Gasteiger partial charge in [0.1, 0.15) is 17.3 Å². The maximum atomic E-state index is 5.87. The van der Waals surface area contributed by atoms with Gasteiger partial charge in [0.15, 0.2) is 6.10 Å². The van der Waals surface area contributed by atoms with Gasteiger partial charge in [0.05, 0.1) is 0 Å². The van der Waals surface area contributed by atoms with Crippen molar-refractivity contribution in [1.82, 2.24) is 0 Å². The summed E-state index contributed by atoms with van der Waals surface area (Å²) in [5.41, 5.74) is 8.10. The van der Waals surface area contributed by atoms with Crippen LogP contribution >= 0.6 is 11.6 Å². The van der Waals surface area contributed by atoms with E-state index >= 15 is 0 Å². The zero-order valence-electron chi connectivity index (χ0n) is 10.9. The van der Waals surface area contributed by atoms with Gasteiger partial charge in [0, 0.05) is 22.5 Å². The SMILES string of the molecule is CC1Oc2cc(N)ccc2N=C1Nc1ccc(Cl)cc1. The number of nitrogens with one attached hydrogen (secondary N) is 1. The molecule has 0 aliphatic carbocycles. The van der Waals surface area contributed by atoms with Gasteiger partial charge in [-0.25, -0.2) is 4.99 Å². The minimum atomic E-state index is -0.167. The smallest absolute Gasteiger partial charge is 0.153 e. The highest BCUT2D eigenvalue weighted by Crippen LogP contribution is 2.34. The first-order chi connectivity index (χ1) is 9.61. The van der Waals surface area contributed by atoms with E-state index in [0.717, 1.165) is 17.2 Å². The summed E-state index contributed by atoms with van der Waals surface area (Å²) in [4.78, 5) is 4.58. The topological polar surface area (TPSA) is 59.6 Å². The number of halogens is 1. The zero-order valence-corrected chi connectivity index (χ0v) is 11.7. The normalized spacial score (nSPS) is 16.9. The maximum absolute atomic E-state index is 5.87. The first-order valence-electron chi connectivity index (χ1n) is 6.29. The molecule has 2 aromatic carbocycles. The Kier molecular flexibility index (Phi) is 3.24. The number of nitrogens with two attached hydrogens (primary N) is 1. The van der Waals surface area contributed by atoms with Crippen molar-refractivity contribution in [2.24, 2.45) is 4.99 Å². The molecule has 0 radical (unpaired) electrons. The fourth-order valence-corrected chi connectivity index (χ4v) is 2.12. The van der Waals surface area contributed by atoms with Crippen molar-refractivity contribution < 1.29 is 4.74 Å². The summed E-state index contributed by atoms with van der Waals surface area (Å²) in [5.74, 6) is 1.46. The lowest BCUT2D eigenvalue weighted by Crippen LogP contribution is -2.32. The van der Waals surface area contributed by atoms with Gasteiger partial charge in [-0.2, -0.15) is 0 Å². The van der Waals surface area contributed by atoms with E-state index in [0.29, 0.717) is 16.5 Å². The largest absolute Gasteiger partial charge is 0.480 e. The van der Waals surface area contributed by atoms with Crippen molar-refractivity contribution in [3.63, 3.8) is 0 Å². The Bertz CT molecular complexity index is 667. The molecule has 0 saturated carbocycles. The number of nitrogen functional groups attached to an aromatic ring is 1. The number of hydrogen-bond donors (Lipinski definition) is 2. The van der Waals surface area contributed by atoms with Gasteiger partial charge in [-0.1, -0.05) is 11.6 Å². The molecule has 1 aliphatic heterocycles. The van der Waals surface area contributed by atoms with Crippen LogP contribution in [-0.4, -0.2) is 11.9 Å². The highest BCUT2D eigenvalue weighted by Gasteiger charge is 2.20. The molecule has 102 valence electrons. The van der Waals surface area contributed by atoms with Crippen molar-refractivity contribution >= 4 is 34.5 Å². The number of nitrogens with zero attached hydrogens (tertiary/aromatic N) is 1. The molecule has 0 amide bonds. The van der Waals surface area contributed by atoms with Crippen LogP contribution in [0.4, 0.5) is 17.1 Å². The summed E-state index contributed by atoms with van der Waals surface area (Å²) in [6.07, 6.45) is -0.167. The second kappa shape index (κ2) is 5.06. The van der Waals surface area contributed by atoms with Gasteiger partial charge in [-0.05, 0) is 43.3 Å². The summed E-state index contributed by atoms with van der Waals surface area (Å²) in [7, 11) is 0. The lowest BCUT2D eigenvalue weighted by atomic mass is 10.2. The van der Waals surface area contributed by atoms with E-state index in [9.17, 15) is 0 Å². The Morgan fingerprint density at radius 1 is 1.20 bits per heavy atom. The number of amidine groups is 1. The van der Waals surface area contributed by atoms with E-state index in [1.165, 1.54) is 0 Å². The fourth-order valence-electron chi connectivity index (χ4n) is 2.00. The predicted octanol–water partition coefficient (Wildman–Crippen LogP) is 3.85. The van der Waals surface area contributed by atoms with Crippen LogP contribution in [0.1, 0.15) is 6.92 Å². The Balaban J connectivity index is 1.89. The third-order valence-electron chi connectivity index (χ3n) is 3.03. The number of benzene rings is 2. The molecule has 0 spiro atoms. The van der Waals surface area contributed by atoms with E-state index in [-0.39, 0.29) is 6.10 Å². The Hall–Kier alpha value is -2.20. The monoisotopic (exact) mass is 287 g/mol. The van der Waals surface area contributed by atoms with Gasteiger partial charge in [-0.15, -0.1) is 0 Å². The van der Waals surface area contributed by atoms with Crippen LogP contribution in [0, 0.1) is 0 Å². The lowest BCUT2D eigenvalue weighted by molar-refractivity contribution is 0.283. The lowest BCUT2D eigenvalue weighted by Gasteiger charge is -2.24. The Morgan fingerprint density at radius 2 is 1.95 bits per heavy atom. The summed E-state index contributed by atoms with van der Waals surface area (Å²) in [6, 6.07) is 12.9. The molecular weight excluding hydrogens is 274 g/mol. The number of hydrogen-bond acceptors (Lipinski definition) is 4. The van der Waals surface area contributed by atoms with Crippen LogP contribution in [-0.2, 0) is 0 Å². The van der Waals surface area contributed by atoms with Gasteiger partial charge in [-0.3, -0.25) is 0 Å². The molecule has 3 N–H and O–H groups in total. The number of ether oxygens (including phenoxy) is 1. The second-order valence-corrected chi connectivity index (χ2v) is 5.05. The molecule has 1 heterocycles. The summed E-state index contributed by atoms with van der Waals surface area (Å²) in [5, 5.41) is 3.95. The number of aliphatic imine (C=N–C) groups is 1. The van der Waals surface area contributed by atoms with E-state index in [2.05, 4.69) is 10.3 Å². The van der Waals surface area contributed by atoms with Gasteiger partial charge < -0.3 is 15.8 Å². The molecule has 0 bridgehead atoms. The minimum absolute atomic E-state index is 0.167. The number of rotatable bonds is 1. The van der Waals surface area contributed by atoms with Crippen LogP contribution in [0.25, 0.3) is 0 Å². The standard InChI is InChI=1S/C15H14ClN3O/c1-9-15(18-12-5-2-10(16)3-6-12)19-13-7-4-11(17)8-14(13)20-9/h2-9H,17H2,1H3,(H,18,19). The summed E-state index contributed by atoms with van der Waals surface area (Å²) < 4.78 is 5.82. The first kappa shape index (κ1) is 12.8. The van der Waals surface area contributed by atoms with Crippen LogP contribution in [0.15, 0.2) is 47.5 Å². The van der Waals surface area contributed by atoms with Gasteiger partial charge in [0.25, 0.3) is 0 Å². The van der Waals surface area contributed by atoms with E-state index in [4.69, 9.17) is 22.1 Å². The number of fused-ring (bicyclic) bond motifs is 1. The molecule has 0 saturated heterocycles. The molecule has 1 atom stereocenters.